The lowest BCUT2D eigenvalue weighted by Gasteiger charge is -2.29. The zero-order valence-electron chi connectivity index (χ0n) is 13.0. The summed E-state index contributed by atoms with van der Waals surface area (Å²) < 4.78 is 0. The summed E-state index contributed by atoms with van der Waals surface area (Å²) in [4.78, 5) is 2.60. The third-order valence-corrected chi connectivity index (χ3v) is 4.78. The van der Waals surface area contributed by atoms with Gasteiger partial charge in [0, 0.05) is 5.38 Å². The molecule has 1 nitrogen and oxygen atoms in total. The summed E-state index contributed by atoms with van der Waals surface area (Å²) in [7, 11) is 0. The van der Waals surface area contributed by atoms with E-state index in [0.29, 0.717) is 5.38 Å². The second kappa shape index (κ2) is 12.0. The van der Waals surface area contributed by atoms with Gasteiger partial charge in [-0.05, 0) is 38.9 Å². The highest BCUT2D eigenvalue weighted by Crippen LogP contribution is 2.16. The Morgan fingerprint density at radius 3 is 1.79 bits per heavy atom. The molecule has 0 unspecified atom stereocenters. The maximum atomic E-state index is 6.12. The maximum absolute atomic E-state index is 6.12. The summed E-state index contributed by atoms with van der Waals surface area (Å²) in [5.41, 5.74) is 0. The van der Waals surface area contributed by atoms with Crippen molar-refractivity contribution in [2.75, 3.05) is 19.6 Å². The van der Waals surface area contributed by atoms with E-state index in [1.54, 1.807) is 0 Å². The highest BCUT2D eigenvalue weighted by molar-refractivity contribution is 6.20. The van der Waals surface area contributed by atoms with Crippen molar-refractivity contribution in [3.8, 4) is 0 Å². The minimum atomic E-state index is 0.448. The molecule has 0 saturated carbocycles. The van der Waals surface area contributed by atoms with Crippen molar-refractivity contribution in [3.05, 3.63) is 0 Å². The lowest BCUT2D eigenvalue weighted by molar-refractivity contribution is 0.226. The number of halogens is 1. The zero-order chi connectivity index (χ0) is 13.8. The van der Waals surface area contributed by atoms with E-state index in [2.05, 4.69) is 11.8 Å². The number of alkyl halides is 1. The predicted octanol–water partition coefficient (Wildman–Crippen LogP) is 5.61. The average molecular weight is 288 g/mol. The van der Waals surface area contributed by atoms with Crippen LogP contribution >= 0.6 is 11.6 Å². The Bertz CT molecular complexity index is 188. The van der Waals surface area contributed by atoms with Gasteiger partial charge in [0.25, 0.3) is 0 Å². The van der Waals surface area contributed by atoms with E-state index in [4.69, 9.17) is 11.6 Å². The molecule has 0 aliphatic carbocycles. The first-order valence-corrected chi connectivity index (χ1v) is 9.13. The van der Waals surface area contributed by atoms with Crippen LogP contribution in [-0.4, -0.2) is 29.9 Å². The Morgan fingerprint density at radius 2 is 1.26 bits per heavy atom. The molecule has 1 aliphatic rings. The van der Waals surface area contributed by atoms with Crippen molar-refractivity contribution < 1.29 is 0 Å². The summed E-state index contributed by atoms with van der Waals surface area (Å²) in [6.07, 6.45) is 16.7. The average Bonchev–Trinajstić information content (AvgIpc) is 2.43. The zero-order valence-corrected chi connectivity index (χ0v) is 13.8. The van der Waals surface area contributed by atoms with E-state index in [0.717, 1.165) is 0 Å². The summed E-state index contributed by atoms with van der Waals surface area (Å²) in [6.45, 7) is 6.05. The molecule has 0 amide bonds. The third-order valence-electron chi connectivity index (χ3n) is 4.35. The van der Waals surface area contributed by atoms with Crippen molar-refractivity contribution in [3.63, 3.8) is 0 Å². The van der Waals surface area contributed by atoms with Crippen LogP contribution in [0, 0.1) is 0 Å². The number of nitrogens with zero attached hydrogens (tertiary/aromatic N) is 1. The Kier molecular flexibility index (Phi) is 11.0. The molecule has 0 aromatic carbocycles. The van der Waals surface area contributed by atoms with Crippen LogP contribution in [0.1, 0.15) is 84.0 Å². The van der Waals surface area contributed by atoms with Gasteiger partial charge in [-0.2, -0.15) is 0 Å². The Hall–Kier alpha value is 0.250. The summed E-state index contributed by atoms with van der Waals surface area (Å²) in [6, 6.07) is 0. The second-order valence-electron chi connectivity index (χ2n) is 6.20. The molecule has 1 rings (SSSR count). The minimum absolute atomic E-state index is 0.448. The molecule has 19 heavy (non-hydrogen) atoms. The lowest BCUT2D eigenvalue weighted by atomic mass is 10.1. The second-order valence-corrected chi connectivity index (χ2v) is 6.82. The SMILES string of the molecule is CCCCCCCCCCCCN1CCC(Cl)CC1. The van der Waals surface area contributed by atoms with Gasteiger partial charge in [0.2, 0.25) is 0 Å². The number of piperidine rings is 1. The molecule has 0 aromatic rings. The van der Waals surface area contributed by atoms with E-state index in [9.17, 15) is 0 Å². The van der Waals surface area contributed by atoms with Crippen LogP contribution < -0.4 is 0 Å². The van der Waals surface area contributed by atoms with Gasteiger partial charge < -0.3 is 4.90 Å². The Balaban J connectivity index is 1.76. The van der Waals surface area contributed by atoms with Crippen molar-refractivity contribution in [1.82, 2.24) is 4.90 Å². The molecule has 0 spiro atoms. The maximum Gasteiger partial charge on any atom is 0.0360 e. The van der Waals surface area contributed by atoms with Gasteiger partial charge in [-0.25, -0.2) is 0 Å². The number of hydrogen-bond donors (Lipinski definition) is 0. The van der Waals surface area contributed by atoms with Gasteiger partial charge in [0.1, 0.15) is 0 Å². The first-order chi connectivity index (χ1) is 9.33. The predicted molar refractivity (Wildman–Crippen MR) is 87.2 cm³/mol. The first-order valence-electron chi connectivity index (χ1n) is 8.69. The first kappa shape index (κ1) is 17.3. The minimum Gasteiger partial charge on any atom is -0.303 e. The molecule has 0 aromatic heterocycles. The molecule has 1 saturated heterocycles. The largest absolute Gasteiger partial charge is 0.303 e. The quantitative estimate of drug-likeness (QED) is 0.353. The standard InChI is InChI=1S/C17H34ClN/c1-2-3-4-5-6-7-8-9-10-11-14-19-15-12-17(18)13-16-19/h17H,2-16H2,1H3. The lowest BCUT2D eigenvalue weighted by Crippen LogP contribution is -2.34. The van der Waals surface area contributed by atoms with Gasteiger partial charge in [0.15, 0.2) is 0 Å². The molecular formula is C17H34ClN. The van der Waals surface area contributed by atoms with Gasteiger partial charge in [0.05, 0.1) is 0 Å². The van der Waals surface area contributed by atoms with Crippen LogP contribution in [0.3, 0.4) is 0 Å². The normalized spacial score (nSPS) is 18.0. The molecule has 1 fully saturated rings. The van der Waals surface area contributed by atoms with Gasteiger partial charge in [-0.3, -0.25) is 0 Å². The molecule has 2 heteroatoms. The highest BCUT2D eigenvalue weighted by atomic mass is 35.5. The van der Waals surface area contributed by atoms with E-state index in [1.807, 2.05) is 0 Å². The molecule has 1 aliphatic heterocycles. The Morgan fingerprint density at radius 1 is 0.789 bits per heavy atom. The molecule has 0 N–H and O–H groups in total. The molecule has 0 atom stereocenters. The van der Waals surface area contributed by atoms with Crippen LogP contribution in [0.4, 0.5) is 0 Å². The fourth-order valence-electron chi connectivity index (χ4n) is 2.95. The van der Waals surface area contributed by atoms with Crippen LogP contribution in [0.2, 0.25) is 0 Å². The molecule has 114 valence electrons. The van der Waals surface area contributed by atoms with Crippen LogP contribution in [-0.2, 0) is 0 Å². The Labute approximate surface area is 126 Å². The summed E-state index contributed by atoms with van der Waals surface area (Å²) in [5.74, 6) is 0. The fourth-order valence-corrected chi connectivity index (χ4v) is 3.14. The molecular weight excluding hydrogens is 254 g/mol. The topological polar surface area (TPSA) is 3.24 Å². The van der Waals surface area contributed by atoms with Crippen molar-refractivity contribution >= 4 is 11.6 Å². The fraction of sp³-hybridized carbons (Fsp3) is 1.00. The van der Waals surface area contributed by atoms with E-state index >= 15 is 0 Å². The molecule has 1 heterocycles. The molecule has 0 bridgehead atoms. The van der Waals surface area contributed by atoms with Crippen LogP contribution in [0.25, 0.3) is 0 Å². The van der Waals surface area contributed by atoms with E-state index in [1.165, 1.54) is 96.7 Å². The van der Waals surface area contributed by atoms with Gasteiger partial charge >= 0.3 is 0 Å². The monoisotopic (exact) mass is 287 g/mol. The summed E-state index contributed by atoms with van der Waals surface area (Å²) >= 11 is 6.12. The molecule has 0 radical (unpaired) electrons. The number of unbranched alkanes of at least 4 members (excludes halogenated alkanes) is 9. The highest BCUT2D eigenvalue weighted by Gasteiger charge is 2.15. The van der Waals surface area contributed by atoms with E-state index < -0.39 is 0 Å². The van der Waals surface area contributed by atoms with Crippen molar-refractivity contribution in [2.45, 2.75) is 89.4 Å². The van der Waals surface area contributed by atoms with Crippen LogP contribution in [0.15, 0.2) is 0 Å². The van der Waals surface area contributed by atoms with Crippen molar-refractivity contribution in [1.29, 1.82) is 0 Å². The third kappa shape index (κ3) is 9.73. The number of hydrogen-bond acceptors (Lipinski definition) is 1. The smallest absolute Gasteiger partial charge is 0.0360 e. The van der Waals surface area contributed by atoms with Gasteiger partial charge in [-0.1, -0.05) is 64.7 Å². The van der Waals surface area contributed by atoms with Crippen LogP contribution in [0.5, 0.6) is 0 Å². The van der Waals surface area contributed by atoms with Crippen molar-refractivity contribution in [2.24, 2.45) is 0 Å². The van der Waals surface area contributed by atoms with Gasteiger partial charge in [-0.15, -0.1) is 11.6 Å². The number of rotatable bonds is 11. The number of likely N-dealkylation sites (tertiary alicyclic amines) is 1. The summed E-state index contributed by atoms with van der Waals surface area (Å²) in [5, 5.41) is 0.448. The van der Waals surface area contributed by atoms with E-state index in [-0.39, 0.29) is 0 Å².